The quantitative estimate of drug-likeness (QED) is 0.742. The molecule has 0 spiro atoms. The number of halogens is 1. The fourth-order valence-corrected chi connectivity index (χ4v) is 4.17. The second kappa shape index (κ2) is 6.99. The highest BCUT2D eigenvalue weighted by atomic mass is 32.1. The zero-order valence-corrected chi connectivity index (χ0v) is 16.1. The van der Waals surface area contributed by atoms with Gasteiger partial charge in [0.05, 0.1) is 18.0 Å². The first-order valence-electron chi connectivity index (χ1n) is 8.20. The molecule has 3 aromatic rings. The van der Waals surface area contributed by atoms with Crippen molar-refractivity contribution in [1.82, 2.24) is 15.3 Å². The van der Waals surface area contributed by atoms with Crippen LogP contribution in [0.4, 0.5) is 4.39 Å². The molecule has 136 valence electrons. The second-order valence-corrected chi connectivity index (χ2v) is 7.18. The molecule has 1 atom stereocenters. The minimum absolute atomic E-state index is 0.178. The summed E-state index contributed by atoms with van der Waals surface area (Å²) in [6, 6.07) is 4.32. The summed E-state index contributed by atoms with van der Waals surface area (Å²) in [6.07, 6.45) is 0. The number of carbonyl (C=O) groups excluding carboxylic acids is 1. The monoisotopic (exact) mass is 373 g/mol. The summed E-state index contributed by atoms with van der Waals surface area (Å²) < 4.78 is 18.8. The van der Waals surface area contributed by atoms with Crippen LogP contribution in [0.2, 0.25) is 0 Å². The van der Waals surface area contributed by atoms with Crippen molar-refractivity contribution in [3.8, 4) is 5.75 Å². The van der Waals surface area contributed by atoms with Crippen LogP contribution >= 0.6 is 11.3 Å². The number of thiophene rings is 1. The summed E-state index contributed by atoms with van der Waals surface area (Å²) in [4.78, 5) is 23.0. The Balaban J connectivity index is 1.88. The average Bonchev–Trinajstić information content (AvgIpc) is 2.91. The number of fused-ring (bicyclic) bond motifs is 1. The maximum absolute atomic E-state index is 13.9. The summed E-state index contributed by atoms with van der Waals surface area (Å²) in [6.45, 7) is 7.47. The molecule has 1 amide bonds. The van der Waals surface area contributed by atoms with Gasteiger partial charge in [-0.2, -0.15) is 0 Å². The molecule has 0 saturated heterocycles. The van der Waals surface area contributed by atoms with E-state index in [0.29, 0.717) is 16.3 Å². The predicted molar refractivity (Wildman–Crippen MR) is 100 cm³/mol. The molecule has 0 bridgehead atoms. The lowest BCUT2D eigenvalue weighted by Crippen LogP contribution is -2.26. The van der Waals surface area contributed by atoms with Gasteiger partial charge in [0.15, 0.2) is 11.6 Å². The number of methoxy groups -OCH3 is 1. The van der Waals surface area contributed by atoms with Gasteiger partial charge in [-0.05, 0) is 51.0 Å². The average molecular weight is 373 g/mol. The Labute approximate surface area is 155 Å². The minimum Gasteiger partial charge on any atom is -0.494 e. The van der Waals surface area contributed by atoms with Gasteiger partial charge in [0.1, 0.15) is 10.7 Å². The SMILES string of the molecule is COc1ccc([C@@H](C)NC(=O)c2sc3nc(C)nc(C)c3c2C)cc1F. The molecule has 0 aliphatic rings. The number of amides is 1. The van der Waals surface area contributed by atoms with Crippen molar-refractivity contribution in [3.05, 3.63) is 51.5 Å². The lowest BCUT2D eigenvalue weighted by molar-refractivity contribution is 0.0943. The fraction of sp³-hybridized carbons (Fsp3) is 0.316. The molecule has 0 aliphatic heterocycles. The number of ether oxygens (including phenoxy) is 1. The van der Waals surface area contributed by atoms with Crippen LogP contribution in [-0.4, -0.2) is 23.0 Å². The van der Waals surface area contributed by atoms with E-state index in [2.05, 4.69) is 15.3 Å². The van der Waals surface area contributed by atoms with E-state index in [-0.39, 0.29) is 17.7 Å². The lowest BCUT2D eigenvalue weighted by Gasteiger charge is -2.15. The van der Waals surface area contributed by atoms with Gasteiger partial charge >= 0.3 is 0 Å². The molecule has 1 aromatic carbocycles. The van der Waals surface area contributed by atoms with E-state index in [4.69, 9.17) is 4.74 Å². The Morgan fingerprint density at radius 3 is 2.65 bits per heavy atom. The molecule has 7 heteroatoms. The van der Waals surface area contributed by atoms with Crippen molar-refractivity contribution in [3.63, 3.8) is 0 Å². The third-order valence-corrected chi connectivity index (χ3v) is 5.50. The number of rotatable bonds is 4. The minimum atomic E-state index is -0.453. The highest BCUT2D eigenvalue weighted by molar-refractivity contribution is 7.20. The van der Waals surface area contributed by atoms with Crippen LogP contribution in [0.15, 0.2) is 18.2 Å². The molecule has 3 rings (SSSR count). The van der Waals surface area contributed by atoms with Gasteiger partial charge in [0.2, 0.25) is 0 Å². The van der Waals surface area contributed by atoms with Gasteiger partial charge in [-0.1, -0.05) is 6.07 Å². The van der Waals surface area contributed by atoms with Gasteiger partial charge < -0.3 is 10.1 Å². The number of aromatic nitrogens is 2. The number of hydrogen-bond donors (Lipinski definition) is 1. The predicted octanol–water partition coefficient (Wildman–Crippen LogP) is 4.26. The van der Waals surface area contributed by atoms with E-state index in [1.807, 2.05) is 27.7 Å². The molecule has 5 nitrogen and oxygen atoms in total. The number of carbonyl (C=O) groups is 1. The molecular formula is C19H20FN3O2S. The van der Waals surface area contributed by atoms with E-state index in [1.165, 1.54) is 24.5 Å². The van der Waals surface area contributed by atoms with Gasteiger partial charge in [0.25, 0.3) is 5.91 Å². The van der Waals surface area contributed by atoms with Crippen LogP contribution in [0.1, 0.15) is 45.3 Å². The number of aryl methyl sites for hydroxylation is 3. The first kappa shape index (κ1) is 18.3. The standard InChI is InChI=1S/C19H20FN3O2S/c1-9-16-11(3)21-12(4)23-19(16)26-17(9)18(24)22-10(2)13-6-7-15(25-5)14(20)8-13/h6-8,10H,1-5H3,(H,22,24)/t10-/m1/s1. The van der Waals surface area contributed by atoms with E-state index in [9.17, 15) is 9.18 Å². The Bertz CT molecular complexity index is 1000. The van der Waals surface area contributed by atoms with E-state index < -0.39 is 5.82 Å². The number of hydrogen-bond acceptors (Lipinski definition) is 5. The number of nitrogens with zero attached hydrogens (tertiary/aromatic N) is 2. The van der Waals surface area contributed by atoms with Crippen LogP contribution < -0.4 is 10.1 Å². The molecular weight excluding hydrogens is 353 g/mol. The lowest BCUT2D eigenvalue weighted by atomic mass is 10.1. The summed E-state index contributed by atoms with van der Waals surface area (Å²) >= 11 is 1.35. The van der Waals surface area contributed by atoms with Crippen molar-refractivity contribution in [2.45, 2.75) is 33.7 Å². The molecule has 2 aromatic heterocycles. The largest absolute Gasteiger partial charge is 0.494 e. The maximum atomic E-state index is 13.9. The Kier molecular flexibility index (Phi) is 4.91. The van der Waals surface area contributed by atoms with E-state index in [1.54, 1.807) is 12.1 Å². The fourth-order valence-electron chi connectivity index (χ4n) is 2.99. The maximum Gasteiger partial charge on any atom is 0.262 e. The summed E-state index contributed by atoms with van der Waals surface area (Å²) in [5.41, 5.74) is 2.40. The van der Waals surface area contributed by atoms with Crippen LogP contribution in [-0.2, 0) is 0 Å². The van der Waals surface area contributed by atoms with Crippen molar-refractivity contribution < 1.29 is 13.9 Å². The molecule has 2 heterocycles. The molecule has 0 radical (unpaired) electrons. The number of benzene rings is 1. The Morgan fingerprint density at radius 2 is 2.00 bits per heavy atom. The number of nitrogens with one attached hydrogen (secondary N) is 1. The molecule has 1 N–H and O–H groups in total. The Morgan fingerprint density at radius 1 is 1.27 bits per heavy atom. The summed E-state index contributed by atoms with van der Waals surface area (Å²) in [7, 11) is 1.42. The van der Waals surface area contributed by atoms with Crippen LogP contribution in [0.5, 0.6) is 5.75 Å². The zero-order valence-electron chi connectivity index (χ0n) is 15.3. The van der Waals surface area contributed by atoms with E-state index >= 15 is 0 Å². The van der Waals surface area contributed by atoms with Gasteiger partial charge in [0, 0.05) is 11.1 Å². The third-order valence-electron chi connectivity index (χ3n) is 4.31. The van der Waals surface area contributed by atoms with Crippen molar-refractivity contribution in [2.24, 2.45) is 0 Å². The summed E-state index contributed by atoms with van der Waals surface area (Å²) in [5.74, 6) is 0.208. The van der Waals surface area contributed by atoms with Crippen molar-refractivity contribution in [2.75, 3.05) is 7.11 Å². The highest BCUT2D eigenvalue weighted by Gasteiger charge is 2.20. The third kappa shape index (κ3) is 3.26. The first-order chi connectivity index (χ1) is 12.3. The van der Waals surface area contributed by atoms with Crippen LogP contribution in [0, 0.1) is 26.6 Å². The molecule has 0 aliphatic carbocycles. The van der Waals surface area contributed by atoms with Gasteiger partial charge in [-0.3, -0.25) is 4.79 Å². The van der Waals surface area contributed by atoms with E-state index in [0.717, 1.165) is 21.5 Å². The van der Waals surface area contributed by atoms with Gasteiger partial charge in [-0.25, -0.2) is 14.4 Å². The molecule has 26 heavy (non-hydrogen) atoms. The van der Waals surface area contributed by atoms with Crippen molar-refractivity contribution in [1.29, 1.82) is 0 Å². The smallest absolute Gasteiger partial charge is 0.262 e. The molecule has 0 saturated carbocycles. The summed E-state index contributed by atoms with van der Waals surface area (Å²) in [5, 5.41) is 3.85. The van der Waals surface area contributed by atoms with Crippen molar-refractivity contribution >= 4 is 27.5 Å². The zero-order chi connectivity index (χ0) is 19.0. The molecule has 0 fully saturated rings. The van der Waals surface area contributed by atoms with Crippen LogP contribution in [0.3, 0.4) is 0 Å². The normalized spacial score (nSPS) is 12.2. The second-order valence-electron chi connectivity index (χ2n) is 6.18. The molecule has 0 unspecified atom stereocenters. The van der Waals surface area contributed by atoms with Gasteiger partial charge in [-0.15, -0.1) is 11.3 Å². The Hall–Kier alpha value is -2.54. The topological polar surface area (TPSA) is 64.1 Å². The van der Waals surface area contributed by atoms with Crippen LogP contribution in [0.25, 0.3) is 10.2 Å². The highest BCUT2D eigenvalue weighted by Crippen LogP contribution is 2.31. The first-order valence-corrected chi connectivity index (χ1v) is 9.02.